The highest BCUT2D eigenvalue weighted by molar-refractivity contribution is 9.10. The van der Waals surface area contributed by atoms with Crippen LogP contribution < -0.4 is 10.2 Å². The molecule has 0 unspecified atom stereocenters. The van der Waals surface area contributed by atoms with E-state index < -0.39 is 0 Å². The largest absolute Gasteiger partial charge is 0.365 e. The first-order chi connectivity index (χ1) is 6.75. The summed E-state index contributed by atoms with van der Waals surface area (Å²) < 4.78 is 1.18. The second kappa shape index (κ2) is 4.64. The van der Waals surface area contributed by atoms with Crippen molar-refractivity contribution in [3.63, 3.8) is 0 Å². The van der Waals surface area contributed by atoms with Crippen LogP contribution in [0.25, 0.3) is 0 Å². The van der Waals surface area contributed by atoms with E-state index >= 15 is 0 Å². The van der Waals surface area contributed by atoms with Gasteiger partial charge < -0.3 is 10.2 Å². The van der Waals surface area contributed by atoms with Crippen LogP contribution in [0.3, 0.4) is 0 Å². The molecule has 1 heterocycles. The van der Waals surface area contributed by atoms with Gasteiger partial charge >= 0.3 is 0 Å². The summed E-state index contributed by atoms with van der Waals surface area (Å²) in [6, 6.07) is 2.99. The highest BCUT2D eigenvalue weighted by Crippen LogP contribution is 2.27. The van der Waals surface area contributed by atoms with Gasteiger partial charge in [-0.3, -0.25) is 0 Å². The molecule has 14 heavy (non-hydrogen) atoms. The molecular weight excluding hydrogens is 260 g/mol. The standard InChI is InChI=1S/C10H15BrN2S/c1-13(5-4-12-9-2-3-9)10-6-8(11)7-14-10/h6-7,9,12H,2-5H2,1H3. The van der Waals surface area contributed by atoms with Crippen LogP contribution in [0.2, 0.25) is 0 Å². The molecule has 1 fully saturated rings. The molecular formula is C10H15BrN2S. The number of hydrogen-bond acceptors (Lipinski definition) is 3. The molecule has 1 aliphatic rings. The molecule has 78 valence electrons. The summed E-state index contributed by atoms with van der Waals surface area (Å²) >= 11 is 5.25. The molecule has 0 spiro atoms. The summed E-state index contributed by atoms with van der Waals surface area (Å²) in [5, 5.41) is 6.97. The third-order valence-electron chi connectivity index (χ3n) is 2.39. The van der Waals surface area contributed by atoms with E-state index in [1.807, 2.05) is 0 Å². The van der Waals surface area contributed by atoms with Gasteiger partial charge in [-0.05, 0) is 34.8 Å². The molecule has 1 N–H and O–H groups in total. The van der Waals surface area contributed by atoms with Crippen molar-refractivity contribution < 1.29 is 0 Å². The predicted molar refractivity (Wildman–Crippen MR) is 66.3 cm³/mol. The zero-order valence-corrected chi connectivity index (χ0v) is 10.7. The van der Waals surface area contributed by atoms with Gasteiger partial charge in [-0.15, -0.1) is 11.3 Å². The Morgan fingerprint density at radius 3 is 3.00 bits per heavy atom. The van der Waals surface area contributed by atoms with Gasteiger partial charge in [0.2, 0.25) is 0 Å². The van der Waals surface area contributed by atoms with Gasteiger partial charge in [0.15, 0.2) is 0 Å². The lowest BCUT2D eigenvalue weighted by Crippen LogP contribution is -2.29. The second-order valence-corrected chi connectivity index (χ2v) is 5.56. The minimum atomic E-state index is 0.818. The van der Waals surface area contributed by atoms with Crippen LogP contribution in [0.5, 0.6) is 0 Å². The van der Waals surface area contributed by atoms with Crippen molar-refractivity contribution in [2.45, 2.75) is 18.9 Å². The molecule has 1 aromatic rings. The van der Waals surface area contributed by atoms with Gasteiger partial charge in [0, 0.05) is 36.0 Å². The van der Waals surface area contributed by atoms with Crippen LogP contribution in [0.1, 0.15) is 12.8 Å². The third kappa shape index (κ3) is 2.97. The Balaban J connectivity index is 1.73. The van der Waals surface area contributed by atoms with Crippen molar-refractivity contribution in [2.24, 2.45) is 0 Å². The Kier molecular flexibility index (Phi) is 3.47. The van der Waals surface area contributed by atoms with Crippen molar-refractivity contribution in [1.82, 2.24) is 5.32 Å². The van der Waals surface area contributed by atoms with Crippen LogP contribution in [0.4, 0.5) is 5.00 Å². The summed E-state index contributed by atoms with van der Waals surface area (Å²) in [5.41, 5.74) is 0. The number of rotatable bonds is 5. The number of nitrogens with zero attached hydrogens (tertiary/aromatic N) is 1. The molecule has 0 radical (unpaired) electrons. The lowest BCUT2D eigenvalue weighted by atomic mass is 10.5. The van der Waals surface area contributed by atoms with Gasteiger partial charge in [0.25, 0.3) is 0 Å². The normalized spacial score (nSPS) is 15.9. The highest BCUT2D eigenvalue weighted by atomic mass is 79.9. The van der Waals surface area contributed by atoms with Gasteiger partial charge in [0.1, 0.15) is 0 Å². The molecule has 0 aliphatic heterocycles. The summed E-state index contributed by atoms with van der Waals surface area (Å²) in [6.07, 6.45) is 2.74. The monoisotopic (exact) mass is 274 g/mol. The fourth-order valence-electron chi connectivity index (χ4n) is 1.34. The first-order valence-electron chi connectivity index (χ1n) is 4.94. The average molecular weight is 275 g/mol. The SMILES string of the molecule is CN(CCNC1CC1)c1cc(Br)cs1. The Hall–Kier alpha value is -0.0600. The highest BCUT2D eigenvalue weighted by Gasteiger charge is 2.19. The van der Waals surface area contributed by atoms with Crippen LogP contribution in [0.15, 0.2) is 15.9 Å². The molecule has 1 aliphatic carbocycles. The van der Waals surface area contributed by atoms with Crippen molar-refractivity contribution in [1.29, 1.82) is 0 Å². The molecule has 0 aromatic carbocycles. The Morgan fingerprint density at radius 1 is 1.64 bits per heavy atom. The van der Waals surface area contributed by atoms with E-state index in [2.05, 4.69) is 44.6 Å². The molecule has 0 atom stereocenters. The fraction of sp³-hybridized carbons (Fsp3) is 0.600. The molecule has 1 aromatic heterocycles. The maximum absolute atomic E-state index is 3.52. The molecule has 0 amide bonds. The third-order valence-corrected chi connectivity index (χ3v) is 4.19. The maximum atomic E-state index is 3.52. The first-order valence-corrected chi connectivity index (χ1v) is 6.61. The number of hydrogen-bond donors (Lipinski definition) is 1. The lowest BCUT2D eigenvalue weighted by molar-refractivity contribution is 0.676. The van der Waals surface area contributed by atoms with Crippen molar-refractivity contribution >= 4 is 32.3 Å². The van der Waals surface area contributed by atoms with E-state index in [4.69, 9.17) is 0 Å². The summed E-state index contributed by atoms with van der Waals surface area (Å²) in [6.45, 7) is 2.18. The zero-order chi connectivity index (χ0) is 9.97. The number of thiophene rings is 1. The molecule has 0 bridgehead atoms. The maximum Gasteiger partial charge on any atom is 0.0918 e. The molecule has 0 saturated heterocycles. The van der Waals surface area contributed by atoms with Gasteiger partial charge in [0.05, 0.1) is 5.00 Å². The van der Waals surface area contributed by atoms with Crippen molar-refractivity contribution in [2.75, 3.05) is 25.0 Å². The smallest absolute Gasteiger partial charge is 0.0918 e. The summed E-state index contributed by atoms with van der Waals surface area (Å²) in [5.74, 6) is 0. The zero-order valence-electron chi connectivity index (χ0n) is 8.29. The molecule has 2 rings (SSSR count). The van der Waals surface area contributed by atoms with Gasteiger partial charge in [-0.25, -0.2) is 0 Å². The molecule has 1 saturated carbocycles. The van der Waals surface area contributed by atoms with Crippen molar-refractivity contribution in [3.8, 4) is 0 Å². The predicted octanol–water partition coefficient (Wildman–Crippen LogP) is 2.70. The number of nitrogens with one attached hydrogen (secondary N) is 1. The van der Waals surface area contributed by atoms with Crippen LogP contribution >= 0.6 is 27.3 Å². The first kappa shape index (κ1) is 10.5. The van der Waals surface area contributed by atoms with Gasteiger partial charge in [-0.1, -0.05) is 0 Å². The molecule has 2 nitrogen and oxygen atoms in total. The van der Waals surface area contributed by atoms with E-state index in [1.54, 1.807) is 11.3 Å². The Bertz CT molecular complexity index is 296. The minimum Gasteiger partial charge on any atom is -0.365 e. The summed E-state index contributed by atoms with van der Waals surface area (Å²) in [4.78, 5) is 2.30. The number of halogens is 1. The fourth-order valence-corrected chi connectivity index (χ4v) is 2.75. The second-order valence-electron chi connectivity index (χ2n) is 3.75. The van der Waals surface area contributed by atoms with E-state index in [-0.39, 0.29) is 0 Å². The Labute approximate surface area is 97.4 Å². The minimum absolute atomic E-state index is 0.818. The van der Waals surface area contributed by atoms with E-state index in [1.165, 1.54) is 22.3 Å². The number of anilines is 1. The summed E-state index contributed by atoms with van der Waals surface area (Å²) in [7, 11) is 2.15. The van der Waals surface area contributed by atoms with E-state index in [0.717, 1.165) is 19.1 Å². The Morgan fingerprint density at radius 2 is 2.43 bits per heavy atom. The lowest BCUT2D eigenvalue weighted by Gasteiger charge is -2.16. The topological polar surface area (TPSA) is 15.3 Å². The van der Waals surface area contributed by atoms with Crippen LogP contribution in [-0.2, 0) is 0 Å². The van der Waals surface area contributed by atoms with E-state index in [9.17, 15) is 0 Å². The van der Waals surface area contributed by atoms with Crippen LogP contribution in [-0.4, -0.2) is 26.2 Å². The van der Waals surface area contributed by atoms with Gasteiger partial charge in [-0.2, -0.15) is 0 Å². The van der Waals surface area contributed by atoms with E-state index in [0.29, 0.717) is 0 Å². The van der Waals surface area contributed by atoms with Crippen LogP contribution in [0, 0.1) is 0 Å². The van der Waals surface area contributed by atoms with Crippen molar-refractivity contribution in [3.05, 3.63) is 15.9 Å². The molecule has 4 heteroatoms. The average Bonchev–Trinajstić information content (AvgIpc) is 2.87. The number of likely N-dealkylation sites (N-methyl/N-ethyl adjacent to an activating group) is 1. The quantitative estimate of drug-likeness (QED) is 0.888.